The first-order valence-electron chi connectivity index (χ1n) is 4.86. The lowest BCUT2D eigenvalue weighted by molar-refractivity contribution is 0.151. The number of rotatable bonds is 2. The molecule has 1 saturated heterocycles. The summed E-state index contributed by atoms with van der Waals surface area (Å²) in [6.07, 6.45) is -1.31. The summed E-state index contributed by atoms with van der Waals surface area (Å²) in [5, 5.41) is 3.23. The summed E-state index contributed by atoms with van der Waals surface area (Å²) in [6, 6.07) is 6.76. The fourth-order valence-corrected chi connectivity index (χ4v) is 1.89. The topological polar surface area (TPSA) is 12.0 Å². The van der Waals surface area contributed by atoms with Crippen molar-refractivity contribution >= 4 is 0 Å². The van der Waals surface area contributed by atoms with Crippen molar-refractivity contribution in [1.29, 1.82) is 0 Å². The number of nitrogens with one attached hydrogen (secondary N) is 1. The molecule has 1 nitrogen and oxygen atoms in total. The van der Waals surface area contributed by atoms with Crippen molar-refractivity contribution in [3.63, 3.8) is 0 Å². The number of benzene rings is 1. The number of alkyl halides is 2. The molecule has 0 aromatic heterocycles. The molecule has 1 heterocycles. The third-order valence-corrected chi connectivity index (χ3v) is 2.69. The zero-order valence-electron chi connectivity index (χ0n) is 7.84. The van der Waals surface area contributed by atoms with Gasteiger partial charge in [0.1, 0.15) is 0 Å². The van der Waals surface area contributed by atoms with E-state index in [1.165, 1.54) is 6.07 Å². The van der Waals surface area contributed by atoms with Crippen LogP contribution in [-0.4, -0.2) is 13.1 Å². The Hall–Kier alpha value is -0.960. The predicted octanol–water partition coefficient (Wildman–Crippen LogP) is 2.70. The van der Waals surface area contributed by atoms with Gasteiger partial charge in [0.05, 0.1) is 0 Å². The summed E-state index contributed by atoms with van der Waals surface area (Å²) in [5.74, 6) is 0.411. The highest BCUT2D eigenvalue weighted by Crippen LogP contribution is 2.26. The SMILES string of the molecule is FC(F)c1cccc([C@H]2CCNC2)c1. The van der Waals surface area contributed by atoms with Crippen LogP contribution in [0.2, 0.25) is 0 Å². The van der Waals surface area contributed by atoms with E-state index in [1.54, 1.807) is 12.1 Å². The molecule has 76 valence electrons. The van der Waals surface area contributed by atoms with Gasteiger partial charge in [0.25, 0.3) is 6.43 Å². The minimum Gasteiger partial charge on any atom is -0.316 e. The molecule has 14 heavy (non-hydrogen) atoms. The molecule has 2 rings (SSSR count). The highest BCUT2D eigenvalue weighted by molar-refractivity contribution is 5.28. The minimum absolute atomic E-state index is 0.134. The van der Waals surface area contributed by atoms with E-state index >= 15 is 0 Å². The van der Waals surface area contributed by atoms with Gasteiger partial charge in [-0.05, 0) is 30.5 Å². The first kappa shape index (κ1) is 9.59. The fourth-order valence-electron chi connectivity index (χ4n) is 1.89. The molecule has 1 N–H and O–H groups in total. The summed E-state index contributed by atoms with van der Waals surface area (Å²) in [4.78, 5) is 0. The van der Waals surface area contributed by atoms with E-state index in [0.717, 1.165) is 25.1 Å². The summed E-state index contributed by atoms with van der Waals surface area (Å²) >= 11 is 0. The average molecular weight is 197 g/mol. The van der Waals surface area contributed by atoms with E-state index in [2.05, 4.69) is 5.32 Å². The van der Waals surface area contributed by atoms with Crippen molar-refractivity contribution in [1.82, 2.24) is 5.32 Å². The maximum atomic E-state index is 12.4. The predicted molar refractivity (Wildman–Crippen MR) is 51.6 cm³/mol. The van der Waals surface area contributed by atoms with Gasteiger partial charge in [0.2, 0.25) is 0 Å². The van der Waals surface area contributed by atoms with E-state index in [9.17, 15) is 8.78 Å². The molecule has 0 amide bonds. The fraction of sp³-hybridized carbons (Fsp3) is 0.455. The molecule has 1 fully saturated rings. The molecule has 3 heteroatoms. The Balaban J connectivity index is 2.21. The monoisotopic (exact) mass is 197 g/mol. The van der Waals surface area contributed by atoms with Crippen LogP contribution in [0.5, 0.6) is 0 Å². The Kier molecular flexibility index (Phi) is 2.77. The van der Waals surface area contributed by atoms with Crippen LogP contribution in [-0.2, 0) is 0 Å². The van der Waals surface area contributed by atoms with Crippen LogP contribution >= 0.6 is 0 Å². The first-order chi connectivity index (χ1) is 6.77. The molecule has 1 atom stereocenters. The van der Waals surface area contributed by atoms with Crippen LogP contribution in [0.4, 0.5) is 8.78 Å². The van der Waals surface area contributed by atoms with E-state index < -0.39 is 6.43 Å². The molecular formula is C11H13F2N. The van der Waals surface area contributed by atoms with Gasteiger partial charge in [-0.25, -0.2) is 8.78 Å². The number of halogens is 2. The van der Waals surface area contributed by atoms with E-state index in [1.807, 2.05) is 6.07 Å². The molecule has 1 aliphatic heterocycles. The van der Waals surface area contributed by atoms with Gasteiger partial charge in [-0.15, -0.1) is 0 Å². The lowest BCUT2D eigenvalue weighted by atomic mass is 9.97. The molecule has 0 bridgehead atoms. The van der Waals surface area contributed by atoms with Crippen LogP contribution in [0.1, 0.15) is 29.9 Å². The molecule has 0 spiro atoms. The molecular weight excluding hydrogens is 184 g/mol. The summed E-state index contributed by atoms with van der Waals surface area (Å²) in [7, 11) is 0. The number of hydrogen-bond donors (Lipinski definition) is 1. The molecule has 0 unspecified atom stereocenters. The molecule has 1 aromatic rings. The maximum absolute atomic E-state index is 12.4. The molecule has 0 saturated carbocycles. The molecule has 0 aliphatic carbocycles. The van der Waals surface area contributed by atoms with Crippen molar-refractivity contribution in [2.45, 2.75) is 18.8 Å². The third-order valence-electron chi connectivity index (χ3n) is 2.69. The number of hydrogen-bond acceptors (Lipinski definition) is 1. The molecule has 1 aromatic carbocycles. The normalized spacial score (nSPS) is 21.8. The molecule has 0 radical (unpaired) electrons. The zero-order valence-corrected chi connectivity index (χ0v) is 7.84. The van der Waals surface area contributed by atoms with Crippen molar-refractivity contribution in [2.24, 2.45) is 0 Å². The lowest BCUT2D eigenvalue weighted by Crippen LogP contribution is -2.08. The Morgan fingerprint density at radius 2 is 2.21 bits per heavy atom. The maximum Gasteiger partial charge on any atom is 0.263 e. The average Bonchev–Trinajstić information content (AvgIpc) is 2.71. The van der Waals surface area contributed by atoms with Gasteiger partial charge in [-0.3, -0.25) is 0 Å². The zero-order chi connectivity index (χ0) is 9.97. The van der Waals surface area contributed by atoms with Crippen LogP contribution in [0.3, 0.4) is 0 Å². The van der Waals surface area contributed by atoms with Crippen LogP contribution < -0.4 is 5.32 Å². The van der Waals surface area contributed by atoms with Crippen molar-refractivity contribution in [3.8, 4) is 0 Å². The van der Waals surface area contributed by atoms with Gasteiger partial charge < -0.3 is 5.32 Å². The third kappa shape index (κ3) is 1.93. The second-order valence-corrected chi connectivity index (χ2v) is 3.66. The van der Waals surface area contributed by atoms with Gasteiger partial charge in [-0.1, -0.05) is 18.2 Å². The van der Waals surface area contributed by atoms with E-state index in [4.69, 9.17) is 0 Å². The van der Waals surface area contributed by atoms with Gasteiger partial charge in [-0.2, -0.15) is 0 Å². The summed E-state index contributed by atoms with van der Waals surface area (Å²) in [6.45, 7) is 1.90. The lowest BCUT2D eigenvalue weighted by Gasteiger charge is -2.10. The van der Waals surface area contributed by atoms with Crippen LogP contribution in [0.25, 0.3) is 0 Å². The quantitative estimate of drug-likeness (QED) is 0.768. The van der Waals surface area contributed by atoms with Gasteiger partial charge in [0, 0.05) is 12.1 Å². The molecule has 1 aliphatic rings. The summed E-state index contributed by atoms with van der Waals surface area (Å²) < 4.78 is 24.8. The van der Waals surface area contributed by atoms with Crippen LogP contribution in [0.15, 0.2) is 24.3 Å². The van der Waals surface area contributed by atoms with Crippen molar-refractivity contribution in [2.75, 3.05) is 13.1 Å². The van der Waals surface area contributed by atoms with E-state index in [0.29, 0.717) is 5.92 Å². The second kappa shape index (κ2) is 4.05. The second-order valence-electron chi connectivity index (χ2n) is 3.66. The largest absolute Gasteiger partial charge is 0.316 e. The Labute approximate surface area is 82.1 Å². The minimum atomic E-state index is -2.36. The Morgan fingerprint density at radius 1 is 1.36 bits per heavy atom. The van der Waals surface area contributed by atoms with Crippen LogP contribution in [0, 0.1) is 0 Å². The highest BCUT2D eigenvalue weighted by atomic mass is 19.3. The highest BCUT2D eigenvalue weighted by Gasteiger charge is 2.17. The van der Waals surface area contributed by atoms with E-state index in [-0.39, 0.29) is 5.56 Å². The standard InChI is InChI=1S/C11H13F2N/c12-11(13)9-3-1-2-8(6-9)10-4-5-14-7-10/h1-3,6,10-11,14H,4-5,7H2/t10-/m0/s1. The summed E-state index contributed by atoms with van der Waals surface area (Å²) in [5.41, 5.74) is 1.17. The van der Waals surface area contributed by atoms with Gasteiger partial charge in [0.15, 0.2) is 0 Å². The van der Waals surface area contributed by atoms with Gasteiger partial charge >= 0.3 is 0 Å². The Bertz CT molecular complexity index is 306. The first-order valence-corrected chi connectivity index (χ1v) is 4.86. The smallest absolute Gasteiger partial charge is 0.263 e. The van der Waals surface area contributed by atoms with Crippen molar-refractivity contribution in [3.05, 3.63) is 35.4 Å². The Morgan fingerprint density at radius 3 is 2.86 bits per heavy atom. The van der Waals surface area contributed by atoms with Crippen molar-refractivity contribution < 1.29 is 8.78 Å².